The highest BCUT2D eigenvalue weighted by molar-refractivity contribution is 7.91. The second kappa shape index (κ2) is 6.55. The third-order valence-corrected chi connectivity index (χ3v) is 6.63. The lowest BCUT2D eigenvalue weighted by Crippen LogP contribution is -2.54. The second-order valence-corrected chi connectivity index (χ2v) is 8.21. The average Bonchev–Trinajstić information content (AvgIpc) is 2.40. The molecule has 1 fully saturated rings. The van der Waals surface area contributed by atoms with E-state index in [4.69, 9.17) is 10.5 Å². The van der Waals surface area contributed by atoms with Crippen molar-refractivity contribution < 1.29 is 13.2 Å². The largest absolute Gasteiger partial charge is 0.377 e. The van der Waals surface area contributed by atoms with Gasteiger partial charge in [0.05, 0.1) is 10.9 Å². The van der Waals surface area contributed by atoms with Crippen LogP contribution in [0.3, 0.4) is 0 Å². The van der Waals surface area contributed by atoms with Gasteiger partial charge in [0.25, 0.3) is 0 Å². The topological polar surface area (TPSA) is 69.4 Å². The minimum absolute atomic E-state index is 0.0861. The fourth-order valence-electron chi connectivity index (χ4n) is 3.47. The van der Waals surface area contributed by atoms with E-state index in [1.165, 1.54) is 6.26 Å². The van der Waals surface area contributed by atoms with E-state index >= 15 is 0 Å². The summed E-state index contributed by atoms with van der Waals surface area (Å²) in [5.41, 5.74) is 6.13. The standard InChI is InChI=1S/C14H29NO3S/c1-5-14(6-2,18-3)13(15)11-8-7-9-12(10-11)19(4,16)17/h11-13H,5-10,15H2,1-4H3. The first-order chi connectivity index (χ1) is 8.80. The van der Waals surface area contributed by atoms with Crippen molar-refractivity contribution >= 4 is 9.84 Å². The summed E-state index contributed by atoms with van der Waals surface area (Å²) < 4.78 is 29.2. The average molecular weight is 291 g/mol. The molecule has 1 aliphatic carbocycles. The number of methoxy groups -OCH3 is 1. The van der Waals surface area contributed by atoms with Gasteiger partial charge in [-0.05, 0) is 38.0 Å². The molecular formula is C14H29NO3S. The van der Waals surface area contributed by atoms with Crippen molar-refractivity contribution in [3.63, 3.8) is 0 Å². The van der Waals surface area contributed by atoms with Gasteiger partial charge in [-0.1, -0.05) is 20.3 Å². The molecule has 0 aromatic carbocycles. The molecule has 1 rings (SSSR count). The number of hydrogen-bond donors (Lipinski definition) is 1. The molecule has 1 saturated carbocycles. The van der Waals surface area contributed by atoms with E-state index in [0.29, 0.717) is 6.42 Å². The predicted octanol–water partition coefficient (Wildman–Crippen LogP) is 2.12. The SMILES string of the molecule is CCC(CC)(OC)C(N)C1CCCC(S(C)(=O)=O)C1. The first-order valence-corrected chi connectivity index (χ1v) is 9.25. The van der Waals surface area contributed by atoms with Crippen LogP contribution in [0.15, 0.2) is 0 Å². The van der Waals surface area contributed by atoms with Gasteiger partial charge in [-0.15, -0.1) is 0 Å². The number of nitrogens with two attached hydrogens (primary N) is 1. The maximum Gasteiger partial charge on any atom is 0.150 e. The smallest absolute Gasteiger partial charge is 0.150 e. The van der Waals surface area contributed by atoms with Gasteiger partial charge in [-0.2, -0.15) is 0 Å². The Morgan fingerprint density at radius 1 is 1.32 bits per heavy atom. The van der Waals surface area contributed by atoms with Crippen molar-refractivity contribution in [2.45, 2.75) is 69.3 Å². The number of hydrogen-bond acceptors (Lipinski definition) is 4. The number of rotatable bonds is 6. The lowest BCUT2D eigenvalue weighted by Gasteiger charge is -2.43. The van der Waals surface area contributed by atoms with Gasteiger partial charge in [0.15, 0.2) is 0 Å². The lowest BCUT2D eigenvalue weighted by atomic mass is 9.74. The van der Waals surface area contributed by atoms with E-state index in [1.807, 2.05) is 0 Å². The summed E-state index contributed by atoms with van der Waals surface area (Å²) in [5, 5.41) is -0.222. The van der Waals surface area contributed by atoms with Crippen molar-refractivity contribution in [1.82, 2.24) is 0 Å². The normalized spacial score (nSPS) is 27.2. The summed E-state index contributed by atoms with van der Waals surface area (Å²) in [5.74, 6) is 0.244. The molecule has 3 atom stereocenters. The van der Waals surface area contributed by atoms with Crippen molar-refractivity contribution in [3.05, 3.63) is 0 Å². The van der Waals surface area contributed by atoms with Crippen LogP contribution in [0.5, 0.6) is 0 Å². The maximum absolute atomic E-state index is 11.7. The van der Waals surface area contributed by atoms with Crippen molar-refractivity contribution in [3.8, 4) is 0 Å². The summed E-state index contributed by atoms with van der Waals surface area (Å²) in [6, 6.07) is -0.0861. The highest BCUT2D eigenvalue weighted by atomic mass is 32.2. The third kappa shape index (κ3) is 3.70. The zero-order valence-corrected chi connectivity index (χ0v) is 13.5. The van der Waals surface area contributed by atoms with E-state index in [-0.39, 0.29) is 22.8 Å². The Hall–Kier alpha value is -0.130. The Kier molecular flexibility index (Phi) is 5.83. The quantitative estimate of drug-likeness (QED) is 0.814. The Labute approximate surface area is 118 Å². The highest BCUT2D eigenvalue weighted by Gasteiger charge is 2.41. The van der Waals surface area contributed by atoms with Crippen LogP contribution in [0.4, 0.5) is 0 Å². The molecule has 0 saturated heterocycles. The van der Waals surface area contributed by atoms with Gasteiger partial charge >= 0.3 is 0 Å². The van der Waals surface area contributed by atoms with Gasteiger partial charge in [-0.3, -0.25) is 0 Å². The van der Waals surface area contributed by atoms with Crippen LogP contribution in [0.1, 0.15) is 52.4 Å². The Morgan fingerprint density at radius 2 is 1.89 bits per heavy atom. The van der Waals surface area contributed by atoms with Crippen LogP contribution in [0.25, 0.3) is 0 Å². The fourth-order valence-corrected chi connectivity index (χ4v) is 4.66. The minimum Gasteiger partial charge on any atom is -0.377 e. The van der Waals surface area contributed by atoms with Crippen LogP contribution >= 0.6 is 0 Å². The molecule has 0 aromatic rings. The lowest BCUT2D eigenvalue weighted by molar-refractivity contribution is -0.0555. The molecule has 0 aromatic heterocycles. The Morgan fingerprint density at radius 3 is 2.32 bits per heavy atom. The molecule has 5 heteroatoms. The number of ether oxygens (including phenoxy) is 1. The minimum atomic E-state index is -2.95. The Balaban J connectivity index is 2.84. The van der Waals surface area contributed by atoms with Crippen molar-refractivity contribution in [2.24, 2.45) is 11.7 Å². The van der Waals surface area contributed by atoms with Gasteiger partial charge in [0, 0.05) is 19.4 Å². The van der Waals surface area contributed by atoms with Crippen LogP contribution in [-0.4, -0.2) is 38.7 Å². The predicted molar refractivity (Wildman–Crippen MR) is 78.9 cm³/mol. The van der Waals surface area contributed by atoms with Gasteiger partial charge in [0.1, 0.15) is 9.84 Å². The van der Waals surface area contributed by atoms with Gasteiger partial charge in [0.2, 0.25) is 0 Å². The third-order valence-electron chi connectivity index (χ3n) is 4.99. The van der Waals surface area contributed by atoms with Crippen molar-refractivity contribution in [2.75, 3.05) is 13.4 Å². The van der Waals surface area contributed by atoms with Gasteiger partial charge < -0.3 is 10.5 Å². The second-order valence-electron chi connectivity index (χ2n) is 5.88. The first-order valence-electron chi connectivity index (χ1n) is 7.30. The van der Waals surface area contributed by atoms with Gasteiger partial charge in [-0.25, -0.2) is 8.42 Å². The zero-order chi connectivity index (χ0) is 14.7. The Bertz CT molecular complexity index is 368. The summed E-state index contributed by atoms with van der Waals surface area (Å²) in [4.78, 5) is 0. The summed E-state index contributed by atoms with van der Waals surface area (Å²) in [7, 11) is -1.24. The van der Waals surface area contributed by atoms with E-state index in [0.717, 1.165) is 32.1 Å². The zero-order valence-electron chi connectivity index (χ0n) is 12.7. The molecule has 0 bridgehead atoms. The molecule has 3 unspecified atom stereocenters. The molecule has 1 aliphatic rings. The highest BCUT2D eigenvalue weighted by Crippen LogP contribution is 2.36. The van der Waals surface area contributed by atoms with Crippen LogP contribution < -0.4 is 5.73 Å². The molecule has 114 valence electrons. The van der Waals surface area contributed by atoms with Crippen molar-refractivity contribution in [1.29, 1.82) is 0 Å². The van der Waals surface area contributed by atoms with E-state index < -0.39 is 9.84 Å². The molecule has 0 radical (unpaired) electrons. The van der Waals surface area contributed by atoms with E-state index in [2.05, 4.69) is 13.8 Å². The fraction of sp³-hybridized carbons (Fsp3) is 1.00. The van der Waals surface area contributed by atoms with Crippen LogP contribution in [0, 0.1) is 5.92 Å². The van der Waals surface area contributed by atoms with Crippen LogP contribution in [-0.2, 0) is 14.6 Å². The summed E-state index contributed by atoms with van der Waals surface area (Å²) in [6.45, 7) is 4.17. The molecule has 2 N–H and O–H groups in total. The molecule has 0 heterocycles. The van der Waals surface area contributed by atoms with E-state index in [1.54, 1.807) is 7.11 Å². The number of sulfone groups is 1. The molecule has 19 heavy (non-hydrogen) atoms. The van der Waals surface area contributed by atoms with E-state index in [9.17, 15) is 8.42 Å². The first kappa shape index (κ1) is 16.9. The molecular weight excluding hydrogens is 262 g/mol. The maximum atomic E-state index is 11.7. The van der Waals surface area contributed by atoms with Crippen LogP contribution in [0.2, 0.25) is 0 Å². The molecule has 0 spiro atoms. The monoisotopic (exact) mass is 291 g/mol. The summed E-state index contributed by atoms with van der Waals surface area (Å²) >= 11 is 0. The molecule has 0 aliphatic heterocycles. The summed E-state index contributed by atoms with van der Waals surface area (Å²) in [6.07, 6.45) is 6.49. The molecule has 0 amide bonds. The molecule has 4 nitrogen and oxygen atoms in total.